The van der Waals surface area contributed by atoms with Crippen LogP contribution < -0.4 is 0 Å². The van der Waals surface area contributed by atoms with Crippen LogP contribution in [0.5, 0.6) is 0 Å². The van der Waals surface area contributed by atoms with Gasteiger partial charge in [-0.05, 0) is 48.2 Å². The highest BCUT2D eigenvalue weighted by molar-refractivity contribution is 7.98. The highest BCUT2D eigenvalue weighted by Gasteiger charge is 2.02. The van der Waals surface area contributed by atoms with Crippen molar-refractivity contribution in [3.05, 3.63) is 65.5 Å². The van der Waals surface area contributed by atoms with E-state index in [1.54, 1.807) is 23.9 Å². The van der Waals surface area contributed by atoms with Crippen LogP contribution in [0.15, 0.2) is 53.4 Å². The number of rotatable bonds is 2. The molecule has 0 unspecified atom stereocenters. The average Bonchev–Trinajstić information content (AvgIpc) is 2.46. The van der Waals surface area contributed by atoms with Gasteiger partial charge in [0.15, 0.2) is 0 Å². The third kappa shape index (κ3) is 3.85. The summed E-state index contributed by atoms with van der Waals surface area (Å²) in [6.07, 6.45) is 1.17. The molecule has 19 heavy (non-hydrogen) atoms. The van der Waals surface area contributed by atoms with Crippen LogP contribution >= 0.6 is 11.8 Å². The van der Waals surface area contributed by atoms with Crippen LogP contribution in [0.3, 0.4) is 0 Å². The van der Waals surface area contributed by atoms with Crippen molar-refractivity contribution in [2.24, 2.45) is 0 Å². The summed E-state index contributed by atoms with van der Waals surface area (Å²) in [7, 11) is 0. The fourth-order valence-electron chi connectivity index (χ4n) is 1.55. The molecule has 0 saturated heterocycles. The molecule has 1 nitrogen and oxygen atoms in total. The topological polar surface area (TPSA) is 20.2 Å². The summed E-state index contributed by atoms with van der Waals surface area (Å²) in [5.41, 5.74) is 1.44. The number of thioether (sulfide) groups is 1. The normalized spacial score (nSPS) is 11.5. The lowest BCUT2D eigenvalue weighted by Crippen LogP contribution is -1.93. The second-order valence-corrected chi connectivity index (χ2v) is 4.83. The largest absolute Gasteiger partial charge is 0.376 e. The van der Waals surface area contributed by atoms with E-state index in [1.807, 2.05) is 30.5 Å². The Morgan fingerprint density at radius 2 is 1.68 bits per heavy atom. The van der Waals surface area contributed by atoms with E-state index < -0.39 is 6.10 Å². The van der Waals surface area contributed by atoms with Gasteiger partial charge in [-0.3, -0.25) is 0 Å². The summed E-state index contributed by atoms with van der Waals surface area (Å²) in [5, 5.41) is 9.95. The number of aliphatic hydroxyl groups is 1. The summed E-state index contributed by atoms with van der Waals surface area (Å²) in [6, 6.07) is 13.5. The van der Waals surface area contributed by atoms with E-state index in [0.717, 1.165) is 10.5 Å². The summed E-state index contributed by atoms with van der Waals surface area (Å²) < 4.78 is 12.7. The molecular weight excluding hydrogens is 259 g/mol. The van der Waals surface area contributed by atoms with E-state index in [1.165, 1.54) is 12.1 Å². The van der Waals surface area contributed by atoms with Gasteiger partial charge in [0.1, 0.15) is 11.9 Å². The molecule has 2 rings (SSSR count). The zero-order valence-electron chi connectivity index (χ0n) is 10.4. The van der Waals surface area contributed by atoms with E-state index in [-0.39, 0.29) is 5.82 Å². The summed E-state index contributed by atoms with van der Waals surface area (Å²) >= 11 is 1.65. The molecule has 96 valence electrons. The number of hydrogen-bond donors (Lipinski definition) is 1. The van der Waals surface area contributed by atoms with Gasteiger partial charge in [0.25, 0.3) is 0 Å². The summed E-state index contributed by atoms with van der Waals surface area (Å²) in [5.74, 6) is 5.28. The fourth-order valence-corrected chi connectivity index (χ4v) is 1.96. The first kappa shape index (κ1) is 13.7. The summed E-state index contributed by atoms with van der Waals surface area (Å²) in [6.45, 7) is 0. The number of hydrogen-bond acceptors (Lipinski definition) is 2. The molecule has 0 bridgehead atoms. The Morgan fingerprint density at radius 3 is 2.26 bits per heavy atom. The summed E-state index contributed by atoms with van der Waals surface area (Å²) in [4.78, 5) is 1.14. The smallest absolute Gasteiger partial charge is 0.140 e. The highest BCUT2D eigenvalue weighted by atomic mass is 32.2. The minimum Gasteiger partial charge on any atom is -0.376 e. The second-order valence-electron chi connectivity index (χ2n) is 3.95. The Kier molecular flexibility index (Phi) is 4.62. The van der Waals surface area contributed by atoms with E-state index >= 15 is 0 Å². The molecule has 1 N–H and O–H groups in total. The predicted octanol–water partition coefficient (Wildman–Crippen LogP) is 3.63. The van der Waals surface area contributed by atoms with E-state index in [4.69, 9.17) is 0 Å². The molecule has 0 fully saturated rings. The average molecular weight is 272 g/mol. The molecule has 3 heteroatoms. The maximum atomic E-state index is 12.7. The van der Waals surface area contributed by atoms with Crippen LogP contribution in [0.4, 0.5) is 4.39 Å². The van der Waals surface area contributed by atoms with Gasteiger partial charge in [0, 0.05) is 10.5 Å². The zero-order valence-corrected chi connectivity index (χ0v) is 11.2. The lowest BCUT2D eigenvalue weighted by molar-refractivity contribution is 0.238. The molecule has 0 radical (unpaired) electrons. The van der Waals surface area contributed by atoms with Gasteiger partial charge in [-0.2, -0.15) is 0 Å². The van der Waals surface area contributed by atoms with Crippen LogP contribution in [0.1, 0.15) is 17.2 Å². The van der Waals surface area contributed by atoms with Crippen molar-refractivity contribution in [1.29, 1.82) is 0 Å². The van der Waals surface area contributed by atoms with Gasteiger partial charge < -0.3 is 5.11 Å². The van der Waals surface area contributed by atoms with Gasteiger partial charge in [0.2, 0.25) is 0 Å². The first-order valence-corrected chi connectivity index (χ1v) is 7.00. The SMILES string of the molecule is CSc1ccc([C@H](O)C#Cc2ccc(F)cc2)cc1. The first-order valence-electron chi connectivity index (χ1n) is 5.78. The third-order valence-electron chi connectivity index (χ3n) is 2.63. The Hall–Kier alpha value is -1.76. The van der Waals surface area contributed by atoms with Gasteiger partial charge in [-0.25, -0.2) is 4.39 Å². The van der Waals surface area contributed by atoms with Crippen molar-refractivity contribution in [1.82, 2.24) is 0 Å². The lowest BCUT2D eigenvalue weighted by atomic mass is 10.1. The standard InChI is InChI=1S/C16H13FOS/c1-19-15-9-5-13(6-10-15)16(18)11-4-12-2-7-14(17)8-3-12/h2-3,5-10,16,18H,1H3/t16-/m1/s1. The van der Waals surface area contributed by atoms with Crippen molar-refractivity contribution in [3.8, 4) is 11.8 Å². The van der Waals surface area contributed by atoms with Crippen molar-refractivity contribution >= 4 is 11.8 Å². The molecule has 1 atom stereocenters. The molecule has 0 aliphatic carbocycles. The Balaban J connectivity index is 2.12. The van der Waals surface area contributed by atoms with Crippen LogP contribution in [-0.2, 0) is 0 Å². The Labute approximate surface area is 116 Å². The molecular formula is C16H13FOS. The monoisotopic (exact) mass is 272 g/mol. The van der Waals surface area contributed by atoms with E-state index in [2.05, 4.69) is 11.8 Å². The van der Waals surface area contributed by atoms with Gasteiger partial charge in [0.05, 0.1) is 0 Å². The molecule has 2 aromatic rings. The van der Waals surface area contributed by atoms with Crippen molar-refractivity contribution < 1.29 is 9.50 Å². The quantitative estimate of drug-likeness (QED) is 0.665. The van der Waals surface area contributed by atoms with Crippen molar-refractivity contribution in [2.45, 2.75) is 11.0 Å². The van der Waals surface area contributed by atoms with E-state index in [0.29, 0.717) is 5.56 Å². The van der Waals surface area contributed by atoms with Crippen LogP contribution in [0.25, 0.3) is 0 Å². The Bertz CT molecular complexity index is 593. The number of aliphatic hydroxyl groups excluding tert-OH is 1. The number of benzene rings is 2. The molecule has 0 amide bonds. The van der Waals surface area contributed by atoms with Gasteiger partial charge in [-0.15, -0.1) is 11.8 Å². The molecule has 0 aromatic heterocycles. The maximum absolute atomic E-state index is 12.7. The Morgan fingerprint density at radius 1 is 1.05 bits per heavy atom. The lowest BCUT2D eigenvalue weighted by Gasteiger charge is -2.04. The molecule has 0 aliphatic heterocycles. The van der Waals surface area contributed by atoms with Gasteiger partial charge >= 0.3 is 0 Å². The minimum atomic E-state index is -0.832. The highest BCUT2D eigenvalue weighted by Crippen LogP contribution is 2.18. The molecule has 2 aromatic carbocycles. The third-order valence-corrected chi connectivity index (χ3v) is 3.37. The van der Waals surface area contributed by atoms with Crippen molar-refractivity contribution in [3.63, 3.8) is 0 Å². The van der Waals surface area contributed by atoms with Crippen LogP contribution in [-0.4, -0.2) is 11.4 Å². The van der Waals surface area contributed by atoms with Gasteiger partial charge in [-0.1, -0.05) is 24.0 Å². The van der Waals surface area contributed by atoms with Crippen LogP contribution in [0.2, 0.25) is 0 Å². The second kappa shape index (κ2) is 6.42. The predicted molar refractivity (Wildman–Crippen MR) is 76.5 cm³/mol. The van der Waals surface area contributed by atoms with Crippen LogP contribution in [0, 0.1) is 17.7 Å². The zero-order chi connectivity index (χ0) is 13.7. The molecule has 0 heterocycles. The maximum Gasteiger partial charge on any atom is 0.140 e. The van der Waals surface area contributed by atoms with E-state index in [9.17, 15) is 9.50 Å². The first-order chi connectivity index (χ1) is 9.19. The molecule has 0 spiro atoms. The van der Waals surface area contributed by atoms with Crippen molar-refractivity contribution in [2.75, 3.05) is 6.26 Å². The fraction of sp³-hybridized carbons (Fsp3) is 0.125. The molecule has 0 aliphatic rings. The number of halogens is 1. The minimum absolute atomic E-state index is 0.293. The molecule has 0 saturated carbocycles.